The number of hydrogen-bond acceptors (Lipinski definition) is 4. The fraction of sp³-hybridized carbons (Fsp3) is 0.278. The first-order valence-electron chi connectivity index (χ1n) is 7.10. The fourth-order valence-corrected chi connectivity index (χ4v) is 2.14. The lowest BCUT2D eigenvalue weighted by Gasteiger charge is -2.09. The molecule has 0 heterocycles. The summed E-state index contributed by atoms with van der Waals surface area (Å²) in [6, 6.07) is 13.1. The van der Waals surface area contributed by atoms with E-state index in [4.69, 9.17) is 14.2 Å². The van der Waals surface area contributed by atoms with E-state index in [2.05, 4.69) is 0 Å². The summed E-state index contributed by atoms with van der Waals surface area (Å²) < 4.78 is 15.8. The minimum absolute atomic E-state index is 0.250. The predicted octanol–water partition coefficient (Wildman–Crippen LogP) is 3.55. The van der Waals surface area contributed by atoms with Crippen molar-refractivity contribution < 1.29 is 19.0 Å². The van der Waals surface area contributed by atoms with Crippen LogP contribution in [0, 0.1) is 6.92 Å². The number of methoxy groups -OCH3 is 2. The van der Waals surface area contributed by atoms with E-state index in [1.807, 2.05) is 43.3 Å². The molecule has 0 atom stereocenters. The van der Waals surface area contributed by atoms with Crippen molar-refractivity contribution in [2.24, 2.45) is 0 Å². The monoisotopic (exact) mass is 300 g/mol. The highest BCUT2D eigenvalue weighted by molar-refractivity contribution is 5.72. The Balaban J connectivity index is 1.93. The average Bonchev–Trinajstić information content (AvgIpc) is 2.52. The number of rotatable bonds is 6. The lowest BCUT2D eigenvalue weighted by molar-refractivity contribution is -0.134. The highest BCUT2D eigenvalue weighted by atomic mass is 16.5. The molecule has 0 radical (unpaired) electrons. The van der Waals surface area contributed by atoms with Gasteiger partial charge in [0.2, 0.25) is 0 Å². The largest absolute Gasteiger partial charge is 0.493 e. The molecule has 0 bridgehead atoms. The molecule has 22 heavy (non-hydrogen) atoms. The number of hydrogen-bond donors (Lipinski definition) is 0. The van der Waals surface area contributed by atoms with Crippen LogP contribution in [0.4, 0.5) is 0 Å². The van der Waals surface area contributed by atoms with E-state index >= 15 is 0 Å². The van der Waals surface area contributed by atoms with Crippen LogP contribution in [0.1, 0.15) is 17.5 Å². The molecule has 4 heteroatoms. The van der Waals surface area contributed by atoms with Crippen LogP contribution in [0.25, 0.3) is 0 Å². The third-order valence-corrected chi connectivity index (χ3v) is 3.29. The van der Waals surface area contributed by atoms with Gasteiger partial charge in [-0.2, -0.15) is 0 Å². The second kappa shape index (κ2) is 7.50. The van der Waals surface area contributed by atoms with Gasteiger partial charge in [-0.05, 0) is 48.7 Å². The van der Waals surface area contributed by atoms with Crippen molar-refractivity contribution in [3.8, 4) is 17.2 Å². The lowest BCUT2D eigenvalue weighted by atomic mass is 10.1. The Bertz CT molecular complexity index is 649. The molecule has 0 spiro atoms. The summed E-state index contributed by atoms with van der Waals surface area (Å²) in [5.74, 6) is 1.67. The smallest absolute Gasteiger partial charge is 0.311 e. The van der Waals surface area contributed by atoms with Crippen LogP contribution in [0.5, 0.6) is 17.2 Å². The normalized spacial score (nSPS) is 10.1. The minimum atomic E-state index is -0.250. The Morgan fingerprint density at radius 3 is 2.45 bits per heavy atom. The number of carbonyl (C=O) groups is 1. The van der Waals surface area contributed by atoms with Gasteiger partial charge in [0.05, 0.1) is 14.2 Å². The van der Waals surface area contributed by atoms with Crippen molar-refractivity contribution in [2.75, 3.05) is 14.2 Å². The number of carbonyl (C=O) groups excluding carboxylic acids is 1. The molecule has 2 aromatic carbocycles. The maximum atomic E-state index is 11.9. The number of aryl methyl sites for hydroxylation is 2. The molecule has 0 N–H and O–H groups in total. The SMILES string of the molecule is COc1ccc(CCC(=O)Oc2cccc(C)c2)cc1OC. The molecule has 0 fully saturated rings. The predicted molar refractivity (Wildman–Crippen MR) is 84.7 cm³/mol. The fourth-order valence-electron chi connectivity index (χ4n) is 2.14. The second-order valence-corrected chi connectivity index (χ2v) is 4.98. The van der Waals surface area contributed by atoms with Gasteiger partial charge >= 0.3 is 5.97 Å². The summed E-state index contributed by atoms with van der Waals surface area (Å²) in [7, 11) is 3.18. The standard InChI is InChI=1S/C18H20O4/c1-13-5-4-6-15(11-13)22-18(19)10-8-14-7-9-16(20-2)17(12-14)21-3/h4-7,9,11-12H,8,10H2,1-3H3. The van der Waals surface area contributed by atoms with E-state index in [1.54, 1.807) is 20.3 Å². The second-order valence-electron chi connectivity index (χ2n) is 4.98. The van der Waals surface area contributed by atoms with Crippen molar-refractivity contribution in [3.05, 3.63) is 53.6 Å². The zero-order valence-corrected chi connectivity index (χ0v) is 13.1. The van der Waals surface area contributed by atoms with Crippen molar-refractivity contribution in [1.29, 1.82) is 0 Å². The summed E-state index contributed by atoms with van der Waals surface area (Å²) in [6.07, 6.45) is 0.897. The van der Waals surface area contributed by atoms with E-state index in [9.17, 15) is 4.79 Å². The first-order chi connectivity index (χ1) is 10.6. The Morgan fingerprint density at radius 2 is 1.77 bits per heavy atom. The molecule has 2 rings (SSSR count). The molecular formula is C18H20O4. The minimum Gasteiger partial charge on any atom is -0.493 e. The Hall–Kier alpha value is -2.49. The average molecular weight is 300 g/mol. The van der Waals surface area contributed by atoms with E-state index < -0.39 is 0 Å². The van der Waals surface area contributed by atoms with E-state index in [0.29, 0.717) is 30.1 Å². The zero-order chi connectivity index (χ0) is 15.9. The molecule has 116 valence electrons. The van der Waals surface area contributed by atoms with Gasteiger partial charge in [-0.25, -0.2) is 0 Å². The lowest BCUT2D eigenvalue weighted by Crippen LogP contribution is -2.09. The van der Waals surface area contributed by atoms with E-state index in [0.717, 1.165) is 11.1 Å². The first kappa shape index (κ1) is 15.9. The zero-order valence-electron chi connectivity index (χ0n) is 13.1. The van der Waals surface area contributed by atoms with Gasteiger partial charge in [0.15, 0.2) is 11.5 Å². The van der Waals surface area contributed by atoms with Gasteiger partial charge in [-0.15, -0.1) is 0 Å². The molecule has 0 saturated heterocycles. The summed E-state index contributed by atoms with van der Waals surface area (Å²) in [5.41, 5.74) is 2.06. The number of benzene rings is 2. The quantitative estimate of drug-likeness (QED) is 0.604. The van der Waals surface area contributed by atoms with Crippen LogP contribution >= 0.6 is 0 Å². The summed E-state index contributed by atoms with van der Waals surface area (Å²) in [5, 5.41) is 0. The van der Waals surface area contributed by atoms with E-state index in [-0.39, 0.29) is 5.97 Å². The van der Waals surface area contributed by atoms with E-state index in [1.165, 1.54) is 0 Å². The van der Waals surface area contributed by atoms with Gasteiger partial charge in [-0.3, -0.25) is 4.79 Å². The van der Waals surface area contributed by atoms with Crippen LogP contribution in [0.3, 0.4) is 0 Å². The van der Waals surface area contributed by atoms with Gasteiger partial charge in [0, 0.05) is 6.42 Å². The van der Waals surface area contributed by atoms with Crippen LogP contribution in [-0.4, -0.2) is 20.2 Å². The highest BCUT2D eigenvalue weighted by Crippen LogP contribution is 2.28. The molecule has 0 aliphatic heterocycles. The summed E-state index contributed by atoms with van der Waals surface area (Å²) >= 11 is 0. The maximum absolute atomic E-state index is 11.9. The molecule has 2 aromatic rings. The Kier molecular flexibility index (Phi) is 5.42. The molecule has 0 saturated carbocycles. The number of esters is 1. The number of ether oxygens (including phenoxy) is 3. The Labute approximate surface area is 130 Å². The third-order valence-electron chi connectivity index (χ3n) is 3.29. The van der Waals surface area contributed by atoms with Crippen LogP contribution in [0.15, 0.2) is 42.5 Å². The highest BCUT2D eigenvalue weighted by Gasteiger charge is 2.08. The summed E-state index contributed by atoms with van der Waals surface area (Å²) in [4.78, 5) is 11.9. The molecule has 0 aromatic heterocycles. The molecule has 4 nitrogen and oxygen atoms in total. The summed E-state index contributed by atoms with van der Waals surface area (Å²) in [6.45, 7) is 1.96. The maximum Gasteiger partial charge on any atom is 0.311 e. The van der Waals surface area contributed by atoms with Crippen LogP contribution < -0.4 is 14.2 Å². The van der Waals surface area contributed by atoms with Crippen molar-refractivity contribution in [1.82, 2.24) is 0 Å². The molecular weight excluding hydrogens is 280 g/mol. The molecule has 0 aliphatic rings. The molecule has 0 unspecified atom stereocenters. The van der Waals surface area contributed by atoms with Gasteiger partial charge < -0.3 is 14.2 Å². The van der Waals surface area contributed by atoms with Crippen LogP contribution in [0.2, 0.25) is 0 Å². The first-order valence-corrected chi connectivity index (χ1v) is 7.10. The Morgan fingerprint density at radius 1 is 1.00 bits per heavy atom. The van der Waals surface area contributed by atoms with Gasteiger partial charge in [0.1, 0.15) is 5.75 Å². The van der Waals surface area contributed by atoms with Gasteiger partial charge in [-0.1, -0.05) is 18.2 Å². The van der Waals surface area contributed by atoms with Crippen molar-refractivity contribution in [2.45, 2.75) is 19.8 Å². The van der Waals surface area contributed by atoms with Crippen LogP contribution in [-0.2, 0) is 11.2 Å². The molecule has 0 aliphatic carbocycles. The topological polar surface area (TPSA) is 44.8 Å². The van der Waals surface area contributed by atoms with Crippen molar-refractivity contribution >= 4 is 5.97 Å². The third kappa shape index (κ3) is 4.25. The molecule has 0 amide bonds. The van der Waals surface area contributed by atoms with Crippen molar-refractivity contribution in [3.63, 3.8) is 0 Å². The van der Waals surface area contributed by atoms with Gasteiger partial charge in [0.25, 0.3) is 0 Å².